The lowest BCUT2D eigenvalue weighted by Gasteiger charge is -2.07. The second-order valence-electron chi connectivity index (χ2n) is 4.03. The van der Waals surface area contributed by atoms with E-state index < -0.39 is 0 Å². The number of rotatable bonds is 6. The highest BCUT2D eigenvalue weighted by Gasteiger charge is 2.10. The summed E-state index contributed by atoms with van der Waals surface area (Å²) >= 11 is 0. The SMILES string of the molecule is CCCn1ccnc1Cc1nc(NC)nc(OC)n1. The number of hydrogen-bond donors (Lipinski definition) is 1. The minimum absolute atomic E-state index is 0.308. The van der Waals surface area contributed by atoms with Crippen LogP contribution in [0.15, 0.2) is 12.4 Å². The summed E-state index contributed by atoms with van der Waals surface area (Å²) in [7, 11) is 3.30. The molecule has 2 aromatic heterocycles. The summed E-state index contributed by atoms with van der Waals surface area (Å²) < 4.78 is 7.17. The molecule has 19 heavy (non-hydrogen) atoms. The standard InChI is InChI=1S/C12H18N6O/c1-4-6-18-7-5-14-10(18)8-9-15-11(13-2)17-12(16-9)19-3/h5,7H,4,6,8H2,1-3H3,(H,13,15,16,17). The topological polar surface area (TPSA) is 77.8 Å². The van der Waals surface area contributed by atoms with Gasteiger partial charge in [0.1, 0.15) is 11.6 Å². The highest BCUT2D eigenvalue weighted by Crippen LogP contribution is 2.10. The van der Waals surface area contributed by atoms with E-state index in [1.165, 1.54) is 7.11 Å². The molecule has 0 saturated carbocycles. The number of hydrogen-bond acceptors (Lipinski definition) is 6. The lowest BCUT2D eigenvalue weighted by atomic mass is 10.3. The number of imidazole rings is 1. The average Bonchev–Trinajstić information content (AvgIpc) is 2.86. The van der Waals surface area contributed by atoms with Crippen molar-refractivity contribution in [2.24, 2.45) is 0 Å². The fourth-order valence-corrected chi connectivity index (χ4v) is 1.77. The van der Waals surface area contributed by atoms with Crippen molar-refractivity contribution in [3.8, 4) is 6.01 Å². The van der Waals surface area contributed by atoms with Gasteiger partial charge < -0.3 is 14.6 Å². The predicted molar refractivity (Wildman–Crippen MR) is 71.2 cm³/mol. The maximum Gasteiger partial charge on any atom is 0.321 e. The zero-order valence-electron chi connectivity index (χ0n) is 11.4. The zero-order chi connectivity index (χ0) is 13.7. The molecule has 0 atom stereocenters. The van der Waals surface area contributed by atoms with Gasteiger partial charge in [-0.05, 0) is 6.42 Å². The van der Waals surface area contributed by atoms with Crippen LogP contribution in [0.4, 0.5) is 5.95 Å². The van der Waals surface area contributed by atoms with E-state index in [0.717, 1.165) is 18.8 Å². The summed E-state index contributed by atoms with van der Waals surface area (Å²) in [5.74, 6) is 2.08. The van der Waals surface area contributed by atoms with Crippen molar-refractivity contribution in [3.63, 3.8) is 0 Å². The minimum atomic E-state index is 0.308. The Morgan fingerprint density at radius 2 is 2.16 bits per heavy atom. The van der Waals surface area contributed by atoms with E-state index in [1.807, 2.05) is 6.20 Å². The second kappa shape index (κ2) is 6.12. The molecular formula is C12H18N6O. The molecule has 0 fully saturated rings. The molecule has 0 aliphatic rings. The Morgan fingerprint density at radius 1 is 1.32 bits per heavy atom. The van der Waals surface area contributed by atoms with Crippen LogP contribution in [-0.4, -0.2) is 38.7 Å². The summed E-state index contributed by atoms with van der Waals surface area (Å²) in [6, 6.07) is 0.308. The first-order valence-corrected chi connectivity index (χ1v) is 6.23. The van der Waals surface area contributed by atoms with Crippen LogP contribution in [0.3, 0.4) is 0 Å². The largest absolute Gasteiger partial charge is 0.467 e. The summed E-state index contributed by atoms with van der Waals surface area (Å²) in [5, 5.41) is 2.89. The molecule has 0 aliphatic heterocycles. The Morgan fingerprint density at radius 3 is 2.84 bits per heavy atom. The van der Waals surface area contributed by atoms with Crippen molar-refractivity contribution in [1.29, 1.82) is 0 Å². The van der Waals surface area contributed by atoms with E-state index in [4.69, 9.17) is 4.74 Å². The first-order chi connectivity index (χ1) is 9.26. The third kappa shape index (κ3) is 3.18. The predicted octanol–water partition coefficient (Wildman–Crippen LogP) is 1.12. The van der Waals surface area contributed by atoms with Crippen LogP contribution < -0.4 is 10.1 Å². The first-order valence-electron chi connectivity index (χ1n) is 6.23. The van der Waals surface area contributed by atoms with Crippen molar-refractivity contribution in [3.05, 3.63) is 24.0 Å². The number of anilines is 1. The lowest BCUT2D eigenvalue weighted by molar-refractivity contribution is 0.376. The molecule has 0 unspecified atom stereocenters. The molecular weight excluding hydrogens is 244 g/mol. The van der Waals surface area contributed by atoms with Crippen LogP contribution in [-0.2, 0) is 13.0 Å². The van der Waals surface area contributed by atoms with E-state index in [2.05, 4.69) is 36.7 Å². The summed E-state index contributed by atoms with van der Waals surface area (Å²) in [4.78, 5) is 17.0. The van der Waals surface area contributed by atoms with Crippen molar-refractivity contribution in [2.75, 3.05) is 19.5 Å². The average molecular weight is 262 g/mol. The van der Waals surface area contributed by atoms with Crippen molar-refractivity contribution in [2.45, 2.75) is 26.3 Å². The van der Waals surface area contributed by atoms with Crippen molar-refractivity contribution in [1.82, 2.24) is 24.5 Å². The van der Waals surface area contributed by atoms with Crippen LogP contribution in [0.2, 0.25) is 0 Å². The summed E-state index contributed by atoms with van der Waals surface area (Å²) in [6.45, 7) is 3.07. The van der Waals surface area contributed by atoms with Crippen LogP contribution in [0.1, 0.15) is 25.0 Å². The minimum Gasteiger partial charge on any atom is -0.467 e. The van der Waals surface area contributed by atoms with Crippen LogP contribution >= 0.6 is 0 Å². The highest BCUT2D eigenvalue weighted by atomic mass is 16.5. The third-order valence-electron chi connectivity index (χ3n) is 2.65. The van der Waals surface area contributed by atoms with E-state index in [-0.39, 0.29) is 0 Å². The lowest BCUT2D eigenvalue weighted by Crippen LogP contribution is -2.09. The normalized spacial score (nSPS) is 10.5. The molecule has 7 heteroatoms. The highest BCUT2D eigenvalue weighted by molar-refractivity contribution is 5.25. The fourth-order valence-electron chi connectivity index (χ4n) is 1.77. The Hall–Kier alpha value is -2.18. The molecule has 102 valence electrons. The maximum atomic E-state index is 5.06. The van der Waals surface area contributed by atoms with Gasteiger partial charge in [-0.1, -0.05) is 6.92 Å². The Labute approximate surface area is 112 Å². The van der Waals surface area contributed by atoms with Crippen molar-refractivity contribution >= 4 is 5.95 Å². The monoisotopic (exact) mass is 262 g/mol. The second-order valence-corrected chi connectivity index (χ2v) is 4.03. The third-order valence-corrected chi connectivity index (χ3v) is 2.65. The molecule has 7 nitrogen and oxygen atoms in total. The summed E-state index contributed by atoms with van der Waals surface area (Å²) in [5.41, 5.74) is 0. The van der Waals surface area contributed by atoms with Crippen molar-refractivity contribution < 1.29 is 4.74 Å². The molecule has 0 bridgehead atoms. The summed E-state index contributed by atoms with van der Waals surface area (Å²) in [6.07, 6.45) is 5.38. The molecule has 2 aromatic rings. The molecule has 2 rings (SSSR count). The number of nitrogens with one attached hydrogen (secondary N) is 1. The number of aryl methyl sites for hydroxylation is 1. The molecule has 0 aromatic carbocycles. The van der Waals surface area contributed by atoms with Crippen LogP contribution in [0.25, 0.3) is 0 Å². The number of methoxy groups -OCH3 is 1. The molecule has 0 saturated heterocycles. The van der Waals surface area contributed by atoms with Gasteiger partial charge in [0.15, 0.2) is 0 Å². The molecule has 0 amide bonds. The van der Waals surface area contributed by atoms with E-state index >= 15 is 0 Å². The molecule has 2 heterocycles. The number of nitrogens with zero attached hydrogens (tertiary/aromatic N) is 5. The van der Waals surface area contributed by atoms with Gasteiger partial charge in [0.25, 0.3) is 0 Å². The Bertz CT molecular complexity index is 517. The van der Waals surface area contributed by atoms with Gasteiger partial charge >= 0.3 is 6.01 Å². The zero-order valence-corrected chi connectivity index (χ0v) is 11.4. The maximum absolute atomic E-state index is 5.06. The van der Waals surface area contributed by atoms with Gasteiger partial charge in [-0.2, -0.15) is 15.0 Å². The molecule has 0 spiro atoms. The number of ether oxygens (including phenoxy) is 1. The van der Waals surface area contributed by atoms with Crippen LogP contribution in [0, 0.1) is 0 Å². The Balaban J connectivity index is 2.24. The fraction of sp³-hybridized carbons (Fsp3) is 0.500. The molecule has 1 N–H and O–H groups in total. The van der Waals surface area contributed by atoms with Gasteiger partial charge in [0.05, 0.1) is 13.5 Å². The van der Waals surface area contributed by atoms with E-state index in [0.29, 0.717) is 24.2 Å². The molecule has 0 radical (unpaired) electrons. The van der Waals surface area contributed by atoms with Gasteiger partial charge in [-0.25, -0.2) is 4.98 Å². The quantitative estimate of drug-likeness (QED) is 0.840. The van der Waals surface area contributed by atoms with Gasteiger partial charge in [-0.3, -0.25) is 0 Å². The van der Waals surface area contributed by atoms with Gasteiger partial charge in [0, 0.05) is 26.0 Å². The van der Waals surface area contributed by atoms with E-state index in [9.17, 15) is 0 Å². The van der Waals surface area contributed by atoms with Crippen LogP contribution in [0.5, 0.6) is 6.01 Å². The van der Waals surface area contributed by atoms with Gasteiger partial charge in [0.2, 0.25) is 5.95 Å². The smallest absolute Gasteiger partial charge is 0.321 e. The molecule has 0 aliphatic carbocycles. The number of aromatic nitrogens is 5. The van der Waals surface area contributed by atoms with Gasteiger partial charge in [-0.15, -0.1) is 0 Å². The Kier molecular flexibility index (Phi) is 4.27. The first kappa shape index (κ1) is 13.3. The van der Waals surface area contributed by atoms with E-state index in [1.54, 1.807) is 13.2 Å².